The first kappa shape index (κ1) is 46.0. The average molecular weight is 819 g/mol. The van der Waals surface area contributed by atoms with E-state index in [0.717, 1.165) is 11.1 Å². The highest BCUT2D eigenvalue weighted by molar-refractivity contribution is 6.17. The Morgan fingerprint density at radius 3 is 1.31 bits per heavy atom. The first-order valence-electron chi connectivity index (χ1n) is 18.2. The van der Waals surface area contributed by atoms with Crippen LogP contribution in [0.3, 0.4) is 0 Å². The third kappa shape index (κ3) is 16.4. The lowest BCUT2D eigenvalue weighted by atomic mass is 10.0. The van der Waals surface area contributed by atoms with Crippen molar-refractivity contribution in [3.63, 3.8) is 0 Å². The van der Waals surface area contributed by atoms with Crippen molar-refractivity contribution in [3.8, 4) is 11.5 Å². The minimum absolute atomic E-state index is 0.0774. The molecular weight excluding hydrogens is 772 g/mol. The van der Waals surface area contributed by atoms with E-state index in [1.165, 1.54) is 6.07 Å². The number of benzene rings is 4. The number of halogens is 1. The van der Waals surface area contributed by atoms with Gasteiger partial charge in [0.25, 0.3) is 0 Å². The van der Waals surface area contributed by atoms with Crippen molar-refractivity contribution >= 4 is 47.7 Å². The van der Waals surface area contributed by atoms with Gasteiger partial charge >= 0.3 is 36.1 Å². The molecule has 2 atom stereocenters. The van der Waals surface area contributed by atoms with E-state index >= 15 is 0 Å². The number of alkyl halides is 1. The van der Waals surface area contributed by atoms with Crippen LogP contribution in [0.4, 0.5) is 9.59 Å². The number of aliphatic carboxylic acids is 1. The topological polar surface area (TPSA) is 193 Å². The Bertz CT molecular complexity index is 1960. The van der Waals surface area contributed by atoms with Crippen molar-refractivity contribution < 1.29 is 57.6 Å². The van der Waals surface area contributed by atoms with E-state index in [1.54, 1.807) is 70.2 Å². The summed E-state index contributed by atoms with van der Waals surface area (Å²) in [5, 5.41) is 14.0. The predicted octanol–water partition coefficient (Wildman–Crippen LogP) is 7.00. The lowest BCUT2D eigenvalue weighted by molar-refractivity contribution is -0.141. The molecular formula is C43H47ClN2O12. The molecule has 4 aromatic carbocycles. The van der Waals surface area contributed by atoms with Crippen LogP contribution in [0.5, 0.6) is 11.5 Å². The minimum Gasteiger partial charge on any atom is -0.481 e. The van der Waals surface area contributed by atoms with Gasteiger partial charge in [-0.1, -0.05) is 136 Å². The molecule has 0 fully saturated rings. The Balaban J connectivity index is 0.000000311. The molecule has 0 aliphatic carbocycles. The second-order valence-corrected chi connectivity index (χ2v) is 13.5. The fourth-order valence-corrected chi connectivity index (χ4v) is 5.17. The quantitative estimate of drug-likeness (QED) is 0.0429. The third-order valence-electron chi connectivity index (χ3n) is 8.07. The lowest BCUT2D eigenvalue weighted by Gasteiger charge is -2.21. The number of nitrogens with one attached hydrogen (secondary N) is 2. The van der Waals surface area contributed by atoms with Crippen LogP contribution in [0.1, 0.15) is 49.9 Å². The van der Waals surface area contributed by atoms with E-state index < -0.39 is 48.1 Å². The molecule has 0 heterocycles. The molecule has 0 radical (unpaired) electrons. The van der Waals surface area contributed by atoms with Gasteiger partial charge in [0.05, 0.1) is 12.8 Å². The summed E-state index contributed by atoms with van der Waals surface area (Å²) >= 11 is 5.40. The summed E-state index contributed by atoms with van der Waals surface area (Å²) < 4.78 is 25.9. The number of rotatable bonds is 17. The monoisotopic (exact) mass is 818 g/mol. The number of esters is 3. The van der Waals surface area contributed by atoms with Crippen LogP contribution in [0.2, 0.25) is 0 Å². The van der Waals surface area contributed by atoms with Gasteiger partial charge in [0.1, 0.15) is 36.8 Å². The number of carbonyl (C=O) groups excluding carboxylic acids is 5. The van der Waals surface area contributed by atoms with Gasteiger partial charge in [-0.05, 0) is 35.1 Å². The molecule has 4 aromatic rings. The lowest BCUT2D eigenvalue weighted by Crippen LogP contribution is -2.46. The molecule has 4 rings (SSSR count). The number of para-hydroxylation sites is 2. The van der Waals surface area contributed by atoms with E-state index in [9.17, 15) is 28.8 Å². The number of hydrogen-bond acceptors (Lipinski definition) is 11. The molecule has 15 heteroatoms. The zero-order valence-corrected chi connectivity index (χ0v) is 33.3. The molecule has 0 aromatic heterocycles. The molecule has 308 valence electrons. The highest BCUT2D eigenvalue weighted by Crippen LogP contribution is 2.22. The van der Waals surface area contributed by atoms with Crippen molar-refractivity contribution in [2.75, 3.05) is 6.07 Å². The van der Waals surface area contributed by atoms with E-state index in [2.05, 4.69) is 10.6 Å². The van der Waals surface area contributed by atoms with Crippen LogP contribution in [0.15, 0.2) is 109 Å². The van der Waals surface area contributed by atoms with Crippen LogP contribution in [-0.4, -0.2) is 59.3 Å². The Labute approximate surface area is 341 Å². The van der Waals surface area contributed by atoms with Crippen molar-refractivity contribution in [3.05, 3.63) is 131 Å². The number of carboxylic acids is 1. The highest BCUT2D eigenvalue weighted by Gasteiger charge is 2.29. The number of alkyl carbamates (subject to hydrolysis) is 2. The maximum Gasteiger partial charge on any atom is 0.408 e. The van der Waals surface area contributed by atoms with E-state index in [1.807, 2.05) is 60.7 Å². The largest absolute Gasteiger partial charge is 0.481 e. The Morgan fingerprint density at radius 1 is 0.552 bits per heavy atom. The van der Waals surface area contributed by atoms with Crippen LogP contribution in [-0.2, 0) is 59.4 Å². The van der Waals surface area contributed by atoms with Gasteiger partial charge in [-0.3, -0.25) is 9.59 Å². The van der Waals surface area contributed by atoms with E-state index in [4.69, 9.17) is 40.4 Å². The smallest absolute Gasteiger partial charge is 0.408 e. The van der Waals surface area contributed by atoms with Crippen molar-refractivity contribution in [1.82, 2.24) is 10.6 Å². The fourth-order valence-electron chi connectivity index (χ4n) is 5.05. The molecule has 0 bridgehead atoms. The van der Waals surface area contributed by atoms with Gasteiger partial charge in [-0.15, -0.1) is 0 Å². The molecule has 0 spiro atoms. The molecule has 2 amide bonds. The number of carboxylic acid groups (broad SMARTS) is 1. The predicted molar refractivity (Wildman–Crippen MR) is 213 cm³/mol. The zero-order valence-electron chi connectivity index (χ0n) is 32.6. The number of carbonyl (C=O) groups is 6. The highest BCUT2D eigenvalue weighted by atomic mass is 35.5. The molecule has 0 unspecified atom stereocenters. The van der Waals surface area contributed by atoms with Gasteiger partial charge in [-0.2, -0.15) is 0 Å². The second kappa shape index (κ2) is 24.3. The molecule has 0 saturated heterocycles. The fraction of sp³-hybridized carbons (Fsp3) is 0.302. The zero-order chi connectivity index (χ0) is 42.5. The maximum absolute atomic E-state index is 12.7. The second-order valence-electron chi connectivity index (χ2n) is 13.3. The summed E-state index contributed by atoms with van der Waals surface area (Å²) in [5.74, 6) is -3.09. The summed E-state index contributed by atoms with van der Waals surface area (Å²) in [6.45, 7) is 7.21. The first-order chi connectivity index (χ1) is 27.8. The summed E-state index contributed by atoms with van der Waals surface area (Å²) in [4.78, 5) is 72.2. The van der Waals surface area contributed by atoms with Crippen LogP contribution >= 0.6 is 11.6 Å². The third-order valence-corrected chi connectivity index (χ3v) is 8.18. The van der Waals surface area contributed by atoms with Crippen LogP contribution in [0.25, 0.3) is 0 Å². The molecule has 14 nitrogen and oxygen atoms in total. The molecule has 3 N–H and O–H groups in total. The Kier molecular flexibility index (Phi) is 19.2. The average Bonchev–Trinajstić information content (AvgIpc) is 3.19. The number of ether oxygens (including phenoxy) is 5. The molecule has 0 aliphatic rings. The summed E-state index contributed by atoms with van der Waals surface area (Å²) in [7, 11) is 0. The number of hydrogen-bond donors (Lipinski definition) is 3. The van der Waals surface area contributed by atoms with Crippen LogP contribution < -0.4 is 20.1 Å². The van der Waals surface area contributed by atoms with Crippen molar-refractivity contribution in [2.45, 2.75) is 65.8 Å². The standard InChI is InChI=1S/C22H24ClNO6.C21H23NO6/c1-15(2)20(24-22(27)28-13-16-8-4-3-5-9-16)21(26)30-18-11-7-6-10-17(18)12-19(25)29-14-23;1-14(2)19(22-21(26)27-13-15-8-4-3-5-9-15)20(25)28-17-11-7-6-10-16(17)12-18(23)24/h3-11,15,20H,12-14H2,1-2H3,(H,24,27);3-11,14,19H,12-13H2,1-2H3,(H,22,26)(H,23,24)/t20-;19-/m00/s1. The van der Waals surface area contributed by atoms with Gasteiger partial charge in [0.2, 0.25) is 0 Å². The maximum atomic E-state index is 12.7. The van der Waals surface area contributed by atoms with E-state index in [0.29, 0.717) is 11.1 Å². The normalized spacial score (nSPS) is 11.5. The van der Waals surface area contributed by atoms with Gasteiger partial charge in [0, 0.05) is 11.1 Å². The summed E-state index contributed by atoms with van der Waals surface area (Å²) in [6.07, 6.45) is -1.84. The number of amides is 2. The molecule has 58 heavy (non-hydrogen) atoms. The van der Waals surface area contributed by atoms with Gasteiger partial charge in [-0.25, -0.2) is 19.2 Å². The summed E-state index contributed by atoms with van der Waals surface area (Å²) in [6, 6.07) is 29.2. The first-order valence-corrected chi connectivity index (χ1v) is 18.8. The molecule has 0 saturated carbocycles. The van der Waals surface area contributed by atoms with Gasteiger partial charge in [0.15, 0.2) is 6.07 Å². The van der Waals surface area contributed by atoms with Crippen LogP contribution in [0, 0.1) is 11.8 Å². The van der Waals surface area contributed by atoms with Crippen molar-refractivity contribution in [2.24, 2.45) is 11.8 Å². The summed E-state index contributed by atoms with van der Waals surface area (Å²) in [5.41, 5.74) is 2.49. The van der Waals surface area contributed by atoms with Crippen molar-refractivity contribution in [1.29, 1.82) is 0 Å². The molecule has 0 aliphatic heterocycles. The van der Waals surface area contributed by atoms with E-state index in [-0.39, 0.29) is 55.5 Å². The Morgan fingerprint density at radius 2 is 0.931 bits per heavy atom. The minimum atomic E-state index is -1.04. The van der Waals surface area contributed by atoms with Gasteiger partial charge < -0.3 is 39.4 Å². The SMILES string of the molecule is CC(C)[C@H](NC(=O)OCc1ccccc1)C(=O)Oc1ccccc1CC(=O)O.CC(C)[C@H](NC(=O)OCc1ccccc1)C(=O)Oc1ccccc1CC(=O)OCCl. The Hall–Kier alpha value is -6.41.